The number of nitrogens with one attached hydrogen (secondary N) is 2. The molecule has 10 rings (SSSR count). The summed E-state index contributed by atoms with van der Waals surface area (Å²) in [5.74, 6) is 1.86. The molecular formula is C55H54ClN11OS. The Hall–Kier alpha value is -7.74. The number of pyridine rings is 2. The summed E-state index contributed by atoms with van der Waals surface area (Å²) in [5.41, 5.74) is 14.7. The SMILES string of the molecule is C.Cc1ccc2ccccc2c1/C=N/NC(=O)c1ccncc1.Cc1ccccc1/C=N/Nc1ncnc2sc3c(c12)CCCC3.Cc1nc(-c2ccccn2)nc(N(C)Cc2ccccc2)c1Cl. The highest BCUT2D eigenvalue weighted by molar-refractivity contribution is 7.19. The zero-order valence-electron chi connectivity index (χ0n) is 38.3. The molecular weight excluding hydrogens is 898 g/mol. The average Bonchev–Trinajstić information content (AvgIpc) is 3.77. The summed E-state index contributed by atoms with van der Waals surface area (Å²) in [7, 11) is 1.98. The van der Waals surface area contributed by atoms with E-state index in [1.54, 1.807) is 54.6 Å². The van der Waals surface area contributed by atoms with Crippen LogP contribution in [0.15, 0.2) is 156 Å². The van der Waals surface area contributed by atoms with Crippen molar-refractivity contribution in [1.29, 1.82) is 0 Å². The van der Waals surface area contributed by atoms with Gasteiger partial charge in [-0.3, -0.25) is 20.2 Å². The number of aromatic nitrogens is 6. The van der Waals surface area contributed by atoms with Gasteiger partial charge in [0.15, 0.2) is 17.5 Å². The van der Waals surface area contributed by atoms with Crippen LogP contribution in [0.4, 0.5) is 11.6 Å². The van der Waals surface area contributed by atoms with Crippen LogP contribution >= 0.6 is 22.9 Å². The van der Waals surface area contributed by atoms with Crippen molar-refractivity contribution in [3.05, 3.63) is 201 Å². The van der Waals surface area contributed by atoms with Crippen LogP contribution in [0, 0.1) is 20.8 Å². The molecule has 5 aromatic heterocycles. The van der Waals surface area contributed by atoms with E-state index < -0.39 is 0 Å². The molecule has 1 aliphatic carbocycles. The van der Waals surface area contributed by atoms with Crippen LogP contribution in [-0.4, -0.2) is 55.3 Å². The van der Waals surface area contributed by atoms with Crippen molar-refractivity contribution in [1.82, 2.24) is 35.3 Å². The molecule has 0 atom stereocenters. The Labute approximate surface area is 412 Å². The highest BCUT2D eigenvalue weighted by Gasteiger charge is 2.20. The predicted molar refractivity (Wildman–Crippen MR) is 285 cm³/mol. The molecule has 5 heterocycles. The van der Waals surface area contributed by atoms with Crippen LogP contribution in [0.1, 0.15) is 74.6 Å². The number of benzene rings is 4. The lowest BCUT2D eigenvalue weighted by atomic mass is 9.97. The van der Waals surface area contributed by atoms with Gasteiger partial charge in [-0.25, -0.2) is 25.4 Å². The van der Waals surface area contributed by atoms with Crippen LogP contribution in [-0.2, 0) is 19.4 Å². The standard InChI is InChI=1S/C18H17ClN4.C18H18N4S.C18H15N3O.CH4/c1-13-16(19)18(23(2)12-14-8-4-3-5-9-14)22-17(21-13)15-10-6-7-11-20-15;1-12-6-2-3-7-13(12)10-21-22-17-16-14-8-4-5-9-15(14)23-18(16)20-11-19-17;1-13-6-7-14-4-2-3-5-16(14)17(13)12-20-21-18(22)15-8-10-19-11-9-15;/h3-11H,12H2,1-2H3;2-3,6-7,10-11H,4-5,8-9H2,1H3,(H,19,20,22);2-12H,1H3,(H,21,22);1H4/b;21-10+;20-12+;. The molecule has 0 saturated carbocycles. The molecule has 1 aliphatic rings. The van der Waals surface area contributed by atoms with Crippen LogP contribution in [0.5, 0.6) is 0 Å². The fourth-order valence-electron chi connectivity index (χ4n) is 7.71. The molecule has 348 valence electrons. The molecule has 1 amide bonds. The van der Waals surface area contributed by atoms with Crippen LogP contribution in [0.2, 0.25) is 5.02 Å². The third-order valence-electron chi connectivity index (χ3n) is 11.3. The number of anilines is 2. The number of rotatable bonds is 10. The molecule has 9 aromatic rings. The minimum absolute atomic E-state index is 0. The molecule has 4 aromatic carbocycles. The summed E-state index contributed by atoms with van der Waals surface area (Å²) in [5, 5.41) is 12.5. The summed E-state index contributed by atoms with van der Waals surface area (Å²) in [6.07, 6.45) is 14.9. The van der Waals surface area contributed by atoms with Crippen molar-refractivity contribution in [3.63, 3.8) is 0 Å². The molecule has 12 nitrogen and oxygen atoms in total. The van der Waals surface area contributed by atoms with Gasteiger partial charge in [-0.15, -0.1) is 11.3 Å². The molecule has 0 aliphatic heterocycles. The molecule has 0 fully saturated rings. The highest BCUT2D eigenvalue weighted by Crippen LogP contribution is 2.38. The van der Waals surface area contributed by atoms with Crippen molar-refractivity contribution in [2.75, 3.05) is 17.4 Å². The largest absolute Gasteiger partial charge is 0.354 e. The van der Waals surface area contributed by atoms with Gasteiger partial charge >= 0.3 is 0 Å². The van der Waals surface area contributed by atoms with Gasteiger partial charge in [0, 0.05) is 48.2 Å². The first-order valence-electron chi connectivity index (χ1n) is 22.3. The monoisotopic (exact) mass is 951 g/mol. The van der Waals surface area contributed by atoms with E-state index in [0.717, 1.165) is 67.9 Å². The van der Waals surface area contributed by atoms with E-state index in [0.29, 0.717) is 22.2 Å². The number of carbonyl (C=O) groups is 1. The van der Waals surface area contributed by atoms with E-state index in [9.17, 15) is 4.79 Å². The minimum atomic E-state index is -0.253. The third kappa shape index (κ3) is 12.4. The van der Waals surface area contributed by atoms with E-state index >= 15 is 0 Å². The zero-order chi connectivity index (χ0) is 47.2. The highest BCUT2D eigenvalue weighted by atomic mass is 35.5. The quantitative estimate of drug-likeness (QED) is 0.101. The van der Waals surface area contributed by atoms with Crippen LogP contribution in [0.3, 0.4) is 0 Å². The number of amides is 1. The number of aryl methyl sites for hydroxylation is 5. The van der Waals surface area contributed by atoms with Crippen molar-refractivity contribution in [2.24, 2.45) is 10.2 Å². The molecule has 69 heavy (non-hydrogen) atoms. The Morgan fingerprint density at radius 3 is 2.32 bits per heavy atom. The lowest BCUT2D eigenvalue weighted by molar-refractivity contribution is 0.0955. The maximum atomic E-state index is 11.9. The van der Waals surface area contributed by atoms with Crippen LogP contribution in [0.25, 0.3) is 32.5 Å². The summed E-state index contributed by atoms with van der Waals surface area (Å²) >= 11 is 8.23. The second kappa shape index (κ2) is 23.8. The summed E-state index contributed by atoms with van der Waals surface area (Å²) in [6, 6.07) is 39.6. The number of hydrogen-bond acceptors (Lipinski definition) is 12. The first-order valence-corrected chi connectivity index (χ1v) is 23.4. The second-order valence-electron chi connectivity index (χ2n) is 16.1. The fourth-order valence-corrected chi connectivity index (χ4v) is 9.17. The first-order chi connectivity index (χ1) is 33.2. The van der Waals surface area contributed by atoms with E-state index in [-0.39, 0.29) is 13.3 Å². The Bertz CT molecular complexity index is 3200. The fraction of sp³-hybridized carbons (Fsp3) is 0.182. The van der Waals surface area contributed by atoms with E-state index in [1.165, 1.54) is 40.8 Å². The molecule has 0 unspecified atom stereocenters. The topological polar surface area (TPSA) is 146 Å². The second-order valence-corrected chi connectivity index (χ2v) is 17.6. The average molecular weight is 953 g/mol. The Morgan fingerprint density at radius 2 is 1.52 bits per heavy atom. The Balaban J connectivity index is 0.000000152. The van der Waals surface area contributed by atoms with Gasteiger partial charge in [0.05, 0.1) is 23.5 Å². The molecule has 0 saturated heterocycles. The lowest BCUT2D eigenvalue weighted by Crippen LogP contribution is -2.19. The van der Waals surface area contributed by atoms with Gasteiger partial charge in [-0.05, 0) is 109 Å². The molecule has 0 spiro atoms. The Morgan fingerprint density at radius 1 is 0.768 bits per heavy atom. The van der Waals surface area contributed by atoms with E-state index in [4.69, 9.17) is 11.6 Å². The van der Waals surface area contributed by atoms with Crippen LogP contribution < -0.4 is 15.8 Å². The number of hydrogen-bond donors (Lipinski definition) is 2. The smallest absolute Gasteiger partial charge is 0.271 e. The predicted octanol–water partition coefficient (Wildman–Crippen LogP) is 12.4. The van der Waals surface area contributed by atoms with Crippen molar-refractivity contribution in [3.8, 4) is 11.5 Å². The lowest BCUT2D eigenvalue weighted by Gasteiger charge is -2.20. The molecule has 14 heteroatoms. The zero-order valence-corrected chi connectivity index (χ0v) is 39.8. The first kappa shape index (κ1) is 49.2. The number of hydrazone groups is 2. The van der Waals surface area contributed by atoms with Crippen molar-refractivity contribution in [2.45, 2.75) is 60.4 Å². The Kier molecular flexibility index (Phi) is 17.0. The normalized spacial score (nSPS) is 11.8. The van der Waals surface area contributed by atoms with Gasteiger partial charge < -0.3 is 4.90 Å². The summed E-state index contributed by atoms with van der Waals surface area (Å²) in [4.78, 5) is 42.6. The van der Waals surface area contributed by atoms with E-state index in [2.05, 4.69) is 94.3 Å². The van der Waals surface area contributed by atoms with Gasteiger partial charge in [0.1, 0.15) is 21.9 Å². The third-order valence-corrected chi connectivity index (χ3v) is 13.0. The number of nitrogens with zero attached hydrogens (tertiary/aromatic N) is 9. The van der Waals surface area contributed by atoms with Gasteiger partial charge in [-0.2, -0.15) is 10.2 Å². The van der Waals surface area contributed by atoms with Gasteiger partial charge in [0.25, 0.3) is 5.91 Å². The molecule has 2 N–H and O–H groups in total. The molecule has 0 bridgehead atoms. The van der Waals surface area contributed by atoms with Crippen molar-refractivity contribution < 1.29 is 4.79 Å². The molecule has 0 radical (unpaired) electrons. The summed E-state index contributed by atoms with van der Waals surface area (Å²) < 4.78 is 0. The van der Waals surface area contributed by atoms with Gasteiger partial charge in [-0.1, -0.05) is 116 Å². The maximum absolute atomic E-state index is 11.9. The number of halogens is 1. The minimum Gasteiger partial charge on any atom is -0.354 e. The maximum Gasteiger partial charge on any atom is 0.271 e. The van der Waals surface area contributed by atoms with Crippen molar-refractivity contribution >= 4 is 73.9 Å². The number of thiophene rings is 1. The number of fused-ring (bicyclic) bond motifs is 4. The number of carbonyl (C=O) groups excluding carboxylic acids is 1. The summed E-state index contributed by atoms with van der Waals surface area (Å²) in [6.45, 7) is 6.72. The van der Waals surface area contributed by atoms with E-state index in [1.807, 2.05) is 105 Å². The van der Waals surface area contributed by atoms with Gasteiger partial charge in [0.2, 0.25) is 0 Å².